The first-order chi connectivity index (χ1) is 14.6. The minimum absolute atomic E-state index is 0.0505. The summed E-state index contributed by atoms with van der Waals surface area (Å²) in [6, 6.07) is 5.66. The molecule has 0 spiro atoms. The maximum atomic E-state index is 13.1. The maximum absolute atomic E-state index is 13.1. The van der Waals surface area contributed by atoms with Crippen molar-refractivity contribution >= 4 is 12.0 Å². The van der Waals surface area contributed by atoms with Crippen LogP contribution in [0.25, 0.3) is 0 Å². The number of ether oxygens (including phenoxy) is 3. The highest BCUT2D eigenvalue weighted by Gasteiger charge is 2.53. The molecule has 2 aliphatic heterocycles. The zero-order valence-corrected chi connectivity index (χ0v) is 19.5. The lowest BCUT2D eigenvalue weighted by atomic mass is 9.94. The van der Waals surface area contributed by atoms with Gasteiger partial charge in [-0.15, -0.1) is 0 Å². The molecule has 31 heavy (non-hydrogen) atoms. The number of hydrogen-bond donors (Lipinski definition) is 1. The van der Waals surface area contributed by atoms with E-state index in [1.54, 1.807) is 26.0 Å². The van der Waals surface area contributed by atoms with Crippen LogP contribution in [0.1, 0.15) is 46.1 Å². The lowest BCUT2D eigenvalue weighted by Crippen LogP contribution is -2.66. The van der Waals surface area contributed by atoms with Crippen molar-refractivity contribution in [2.75, 3.05) is 33.9 Å². The fourth-order valence-corrected chi connectivity index (χ4v) is 4.60. The lowest BCUT2D eigenvalue weighted by molar-refractivity contribution is -0.131. The first kappa shape index (κ1) is 23.2. The van der Waals surface area contributed by atoms with Gasteiger partial charge in [0, 0.05) is 50.8 Å². The zero-order valence-electron chi connectivity index (χ0n) is 19.5. The first-order valence-electron chi connectivity index (χ1n) is 10.8. The van der Waals surface area contributed by atoms with E-state index in [1.807, 2.05) is 43.9 Å². The van der Waals surface area contributed by atoms with E-state index >= 15 is 0 Å². The zero-order chi connectivity index (χ0) is 22.8. The van der Waals surface area contributed by atoms with Gasteiger partial charge >= 0.3 is 6.09 Å². The van der Waals surface area contributed by atoms with Crippen LogP contribution in [0.3, 0.4) is 0 Å². The molecule has 2 fully saturated rings. The van der Waals surface area contributed by atoms with Crippen LogP contribution in [0.15, 0.2) is 18.2 Å². The number of carbonyl (C=O) groups is 2. The van der Waals surface area contributed by atoms with Gasteiger partial charge in [-0.25, -0.2) is 4.79 Å². The SMILES string of the molecule is COc1ccc(CN(CC23CCC(CNC2)N3C(=O)OC(C)(C)C)C(C)=O)c(OC)c1. The number of hydrogen-bond acceptors (Lipinski definition) is 6. The minimum Gasteiger partial charge on any atom is -0.497 e. The molecule has 2 saturated heterocycles. The summed E-state index contributed by atoms with van der Waals surface area (Å²) in [7, 11) is 3.21. The Kier molecular flexibility index (Phi) is 6.69. The van der Waals surface area contributed by atoms with Gasteiger partial charge in [0.05, 0.1) is 19.8 Å². The Bertz CT molecular complexity index is 818. The second kappa shape index (κ2) is 8.94. The van der Waals surface area contributed by atoms with E-state index in [9.17, 15) is 9.59 Å². The Hall–Kier alpha value is -2.48. The van der Waals surface area contributed by atoms with Gasteiger partial charge in [-0.3, -0.25) is 9.69 Å². The largest absolute Gasteiger partial charge is 0.497 e. The minimum atomic E-state index is -0.570. The van der Waals surface area contributed by atoms with Crippen LogP contribution in [0, 0.1) is 0 Å². The van der Waals surface area contributed by atoms with Crippen LogP contribution in [0.4, 0.5) is 4.79 Å². The second-order valence-corrected chi connectivity index (χ2v) is 9.45. The van der Waals surface area contributed by atoms with Gasteiger partial charge in [0.25, 0.3) is 0 Å². The molecule has 1 aromatic carbocycles. The van der Waals surface area contributed by atoms with Crippen molar-refractivity contribution in [2.24, 2.45) is 0 Å². The lowest BCUT2D eigenvalue weighted by Gasteiger charge is -2.47. The second-order valence-electron chi connectivity index (χ2n) is 9.45. The van der Waals surface area contributed by atoms with Crippen molar-refractivity contribution in [3.05, 3.63) is 23.8 Å². The standard InChI is InChI=1S/C23H35N3O5/c1-16(27)25(13-17-7-8-19(29-5)11-20(17)30-6)15-23-10-9-18(12-24-14-23)26(23)21(28)31-22(2,3)4/h7-8,11,18,24H,9-10,12-15H2,1-6H3. The molecule has 0 saturated carbocycles. The molecule has 2 atom stereocenters. The fourth-order valence-electron chi connectivity index (χ4n) is 4.60. The highest BCUT2D eigenvalue weighted by molar-refractivity contribution is 5.74. The van der Waals surface area contributed by atoms with Crippen LogP contribution in [-0.4, -0.2) is 72.8 Å². The van der Waals surface area contributed by atoms with E-state index in [1.165, 1.54) is 0 Å². The molecule has 8 nitrogen and oxygen atoms in total. The molecule has 1 N–H and O–H groups in total. The predicted molar refractivity (Wildman–Crippen MR) is 117 cm³/mol. The topological polar surface area (TPSA) is 80.3 Å². The predicted octanol–water partition coefficient (Wildman–Crippen LogP) is 2.79. The van der Waals surface area contributed by atoms with Crippen molar-refractivity contribution in [2.45, 2.75) is 64.3 Å². The third kappa shape index (κ3) is 5.06. The van der Waals surface area contributed by atoms with Crippen molar-refractivity contribution < 1.29 is 23.8 Å². The Morgan fingerprint density at radius 1 is 1.26 bits per heavy atom. The van der Waals surface area contributed by atoms with E-state index in [2.05, 4.69) is 5.32 Å². The highest BCUT2D eigenvalue weighted by Crippen LogP contribution is 2.39. The number of amides is 2. The van der Waals surface area contributed by atoms with E-state index in [0.717, 1.165) is 24.9 Å². The molecule has 2 amide bonds. The number of rotatable bonds is 6. The number of methoxy groups -OCH3 is 2. The number of nitrogens with one attached hydrogen (secondary N) is 1. The summed E-state index contributed by atoms with van der Waals surface area (Å²) in [6.45, 7) is 9.38. The smallest absolute Gasteiger partial charge is 0.411 e. The van der Waals surface area contributed by atoms with Gasteiger partial charge in [0.2, 0.25) is 5.91 Å². The van der Waals surface area contributed by atoms with Crippen molar-refractivity contribution in [1.82, 2.24) is 15.1 Å². The van der Waals surface area contributed by atoms with Crippen molar-refractivity contribution in [1.29, 1.82) is 0 Å². The first-order valence-corrected chi connectivity index (χ1v) is 10.8. The Morgan fingerprint density at radius 2 is 2.00 bits per heavy atom. The number of carbonyl (C=O) groups excluding carboxylic acids is 2. The number of nitrogens with zero attached hydrogens (tertiary/aromatic N) is 2. The van der Waals surface area contributed by atoms with Crippen LogP contribution in [0.5, 0.6) is 11.5 Å². The average molecular weight is 434 g/mol. The molecule has 2 unspecified atom stereocenters. The molecule has 0 aliphatic carbocycles. The Labute approximate surface area is 184 Å². The summed E-state index contributed by atoms with van der Waals surface area (Å²) in [4.78, 5) is 29.4. The summed E-state index contributed by atoms with van der Waals surface area (Å²) >= 11 is 0. The Balaban J connectivity index is 1.85. The average Bonchev–Trinajstić information content (AvgIpc) is 2.92. The molecule has 2 heterocycles. The molecule has 8 heteroatoms. The van der Waals surface area contributed by atoms with Gasteiger partial charge in [0.15, 0.2) is 0 Å². The molecule has 0 radical (unpaired) electrons. The maximum Gasteiger partial charge on any atom is 0.411 e. The third-order valence-corrected chi connectivity index (χ3v) is 6.03. The van der Waals surface area contributed by atoms with Crippen molar-refractivity contribution in [3.8, 4) is 11.5 Å². The van der Waals surface area contributed by atoms with Crippen molar-refractivity contribution in [3.63, 3.8) is 0 Å². The highest BCUT2D eigenvalue weighted by atomic mass is 16.6. The molecule has 0 aromatic heterocycles. The molecule has 2 bridgehead atoms. The summed E-state index contributed by atoms with van der Waals surface area (Å²) < 4.78 is 16.5. The molecule has 2 aliphatic rings. The normalized spacial score (nSPS) is 22.8. The van der Waals surface area contributed by atoms with Crippen LogP contribution >= 0.6 is 0 Å². The summed E-state index contributed by atoms with van der Waals surface area (Å²) in [6.07, 6.45) is 1.42. The quantitative estimate of drug-likeness (QED) is 0.743. The summed E-state index contributed by atoms with van der Waals surface area (Å²) in [5.41, 5.74) is -0.173. The van der Waals surface area contributed by atoms with Crippen LogP contribution in [-0.2, 0) is 16.1 Å². The molecular formula is C23H35N3O5. The van der Waals surface area contributed by atoms with Crippen LogP contribution in [0.2, 0.25) is 0 Å². The van der Waals surface area contributed by atoms with E-state index in [0.29, 0.717) is 31.1 Å². The Morgan fingerprint density at radius 3 is 2.61 bits per heavy atom. The van der Waals surface area contributed by atoms with Gasteiger partial charge in [-0.1, -0.05) is 0 Å². The van der Waals surface area contributed by atoms with E-state index in [-0.39, 0.29) is 18.0 Å². The molecule has 3 rings (SSSR count). The molecule has 172 valence electrons. The number of benzene rings is 1. The monoisotopic (exact) mass is 433 g/mol. The number of piperazine rings is 1. The number of fused-ring (bicyclic) bond motifs is 2. The van der Waals surface area contributed by atoms with Gasteiger partial charge in [0.1, 0.15) is 17.1 Å². The summed E-state index contributed by atoms with van der Waals surface area (Å²) in [5, 5.41) is 3.45. The molecular weight excluding hydrogens is 398 g/mol. The van der Waals surface area contributed by atoms with E-state index in [4.69, 9.17) is 14.2 Å². The summed E-state index contributed by atoms with van der Waals surface area (Å²) in [5.74, 6) is 1.31. The van der Waals surface area contributed by atoms with Crippen LogP contribution < -0.4 is 14.8 Å². The fraction of sp³-hybridized carbons (Fsp3) is 0.652. The van der Waals surface area contributed by atoms with Gasteiger partial charge in [-0.2, -0.15) is 0 Å². The van der Waals surface area contributed by atoms with Gasteiger partial charge in [-0.05, 0) is 45.7 Å². The van der Waals surface area contributed by atoms with E-state index < -0.39 is 11.1 Å². The third-order valence-electron chi connectivity index (χ3n) is 6.03. The van der Waals surface area contributed by atoms with Gasteiger partial charge < -0.3 is 24.4 Å². The molecule has 1 aromatic rings.